The minimum Gasteiger partial charge on any atom is -0.480 e. The average molecular weight is 221 g/mol. The third-order valence-corrected chi connectivity index (χ3v) is 2.69. The second kappa shape index (κ2) is 4.90. The number of carbonyl (C=O) groups excluding carboxylic acids is 1. The lowest BCUT2D eigenvalue weighted by atomic mass is 9.83. The fourth-order valence-corrected chi connectivity index (χ4v) is 1.43. The van der Waals surface area contributed by atoms with Crippen LogP contribution in [0.25, 0.3) is 0 Å². The van der Waals surface area contributed by atoms with E-state index in [4.69, 9.17) is 10.8 Å². The number of hydrogen-bond donors (Lipinski definition) is 2. The van der Waals surface area contributed by atoms with Gasteiger partial charge in [-0.25, -0.2) is 0 Å². The Balaban J connectivity index is 2.85. The highest BCUT2D eigenvalue weighted by Gasteiger charge is 2.37. The van der Waals surface area contributed by atoms with Gasteiger partial charge in [0.15, 0.2) is 0 Å². The summed E-state index contributed by atoms with van der Waals surface area (Å²) >= 11 is 0. The van der Waals surface area contributed by atoms with Gasteiger partial charge >= 0.3 is 5.97 Å². The number of carboxylic acids is 1. The van der Waals surface area contributed by atoms with Crippen LogP contribution in [0.4, 0.5) is 0 Å². The molecule has 0 spiro atoms. The van der Waals surface area contributed by atoms with Crippen LogP contribution in [0.2, 0.25) is 0 Å². The van der Waals surface area contributed by atoms with E-state index in [-0.39, 0.29) is 0 Å². The molecule has 0 amide bonds. The van der Waals surface area contributed by atoms with Gasteiger partial charge in [0.1, 0.15) is 11.8 Å². The Morgan fingerprint density at radius 1 is 1.50 bits per heavy atom. The van der Waals surface area contributed by atoms with Crippen molar-refractivity contribution in [1.29, 1.82) is 0 Å². The highest BCUT2D eigenvalue weighted by molar-refractivity contribution is 5.82. The first-order valence-electron chi connectivity index (χ1n) is 5.00. The number of nitrogens with two attached hydrogens (primary N) is 1. The molecule has 2 unspecified atom stereocenters. The van der Waals surface area contributed by atoms with Crippen LogP contribution >= 0.6 is 0 Å². The molecule has 0 aromatic heterocycles. The van der Waals surface area contributed by atoms with Gasteiger partial charge in [0.2, 0.25) is 0 Å². The lowest BCUT2D eigenvalue weighted by Gasteiger charge is -2.25. The van der Waals surface area contributed by atoms with Crippen LogP contribution in [-0.4, -0.2) is 22.9 Å². The topological polar surface area (TPSA) is 80.4 Å². The Morgan fingerprint density at radius 3 is 2.50 bits per heavy atom. The summed E-state index contributed by atoms with van der Waals surface area (Å²) < 4.78 is 0. The van der Waals surface area contributed by atoms with Crippen molar-refractivity contribution >= 4 is 12.3 Å². The molecule has 4 heteroatoms. The number of aldehydes is 1. The SMILES string of the molecule is CC(N)(C(=O)O)C(C=O)Cc1ccccc1. The smallest absolute Gasteiger partial charge is 0.324 e. The normalized spacial score (nSPS) is 16.1. The van der Waals surface area contributed by atoms with Gasteiger partial charge in [0.25, 0.3) is 0 Å². The second-order valence-corrected chi connectivity index (χ2v) is 4.02. The molecule has 0 radical (unpaired) electrons. The van der Waals surface area contributed by atoms with Gasteiger partial charge in [-0.05, 0) is 18.9 Å². The van der Waals surface area contributed by atoms with E-state index in [1.54, 1.807) is 0 Å². The maximum atomic E-state index is 10.9. The number of carboxylic acid groups (broad SMARTS) is 1. The van der Waals surface area contributed by atoms with E-state index in [2.05, 4.69) is 0 Å². The Bertz CT molecular complexity index is 373. The van der Waals surface area contributed by atoms with Crippen molar-refractivity contribution in [2.45, 2.75) is 18.9 Å². The Kier molecular flexibility index (Phi) is 3.79. The molecule has 1 aromatic rings. The summed E-state index contributed by atoms with van der Waals surface area (Å²) in [4.78, 5) is 21.8. The van der Waals surface area contributed by atoms with Gasteiger partial charge in [-0.2, -0.15) is 0 Å². The molecule has 4 nitrogen and oxygen atoms in total. The molecule has 0 heterocycles. The zero-order chi connectivity index (χ0) is 12.2. The van der Waals surface area contributed by atoms with Crippen molar-refractivity contribution in [1.82, 2.24) is 0 Å². The Labute approximate surface area is 94.1 Å². The van der Waals surface area contributed by atoms with Crippen LogP contribution < -0.4 is 5.73 Å². The minimum absolute atomic E-state index is 0.337. The van der Waals surface area contributed by atoms with Gasteiger partial charge in [-0.1, -0.05) is 30.3 Å². The fourth-order valence-electron chi connectivity index (χ4n) is 1.43. The first kappa shape index (κ1) is 12.4. The molecular formula is C12H15NO3. The van der Waals surface area contributed by atoms with Crippen molar-refractivity contribution < 1.29 is 14.7 Å². The quantitative estimate of drug-likeness (QED) is 0.722. The predicted molar refractivity (Wildman–Crippen MR) is 59.9 cm³/mol. The largest absolute Gasteiger partial charge is 0.480 e. The molecule has 1 aromatic carbocycles. The number of carbonyl (C=O) groups is 2. The zero-order valence-electron chi connectivity index (χ0n) is 9.09. The standard InChI is InChI=1S/C12H15NO3/c1-12(13,11(15)16)10(8-14)7-9-5-3-2-4-6-9/h2-6,8,10H,7,13H2,1H3,(H,15,16). The van der Waals surface area contributed by atoms with Crippen molar-refractivity contribution in [2.24, 2.45) is 11.7 Å². The lowest BCUT2D eigenvalue weighted by Crippen LogP contribution is -2.52. The van der Waals surface area contributed by atoms with Gasteiger partial charge < -0.3 is 15.6 Å². The highest BCUT2D eigenvalue weighted by Crippen LogP contribution is 2.18. The molecule has 2 atom stereocenters. The van der Waals surface area contributed by atoms with Crippen LogP contribution in [0.15, 0.2) is 30.3 Å². The third-order valence-electron chi connectivity index (χ3n) is 2.69. The molecule has 3 N–H and O–H groups in total. The molecule has 0 aliphatic heterocycles. The van der Waals surface area contributed by atoms with E-state index in [0.717, 1.165) is 5.56 Å². The van der Waals surface area contributed by atoms with E-state index in [1.165, 1.54) is 6.92 Å². The van der Waals surface area contributed by atoms with Crippen LogP contribution in [0.1, 0.15) is 12.5 Å². The number of aliphatic carboxylic acids is 1. The first-order valence-corrected chi connectivity index (χ1v) is 5.00. The Hall–Kier alpha value is -1.68. The molecule has 0 fully saturated rings. The number of hydrogen-bond acceptors (Lipinski definition) is 3. The van der Waals surface area contributed by atoms with Gasteiger partial charge in [-0.3, -0.25) is 4.79 Å². The molecule has 1 rings (SSSR count). The summed E-state index contributed by atoms with van der Waals surface area (Å²) in [6.07, 6.45) is 0.949. The summed E-state index contributed by atoms with van der Waals surface area (Å²) in [6.45, 7) is 1.36. The second-order valence-electron chi connectivity index (χ2n) is 4.02. The van der Waals surface area contributed by atoms with Crippen molar-refractivity contribution in [3.8, 4) is 0 Å². The monoisotopic (exact) mass is 221 g/mol. The maximum absolute atomic E-state index is 10.9. The molecule has 0 bridgehead atoms. The third kappa shape index (κ3) is 2.67. The summed E-state index contributed by atoms with van der Waals surface area (Å²) in [5, 5.41) is 8.94. The molecule has 0 aliphatic carbocycles. The average Bonchev–Trinajstić information content (AvgIpc) is 2.26. The molecule has 86 valence electrons. The summed E-state index contributed by atoms with van der Waals surface area (Å²) in [6, 6.07) is 9.22. The zero-order valence-corrected chi connectivity index (χ0v) is 9.09. The fraction of sp³-hybridized carbons (Fsp3) is 0.333. The van der Waals surface area contributed by atoms with Gasteiger partial charge in [0.05, 0.1) is 0 Å². The predicted octanol–water partition coefficient (Wildman–Crippen LogP) is 0.846. The van der Waals surface area contributed by atoms with Crippen LogP contribution in [0.3, 0.4) is 0 Å². The van der Waals surface area contributed by atoms with E-state index in [1.807, 2.05) is 30.3 Å². The van der Waals surface area contributed by atoms with Crippen LogP contribution in [0.5, 0.6) is 0 Å². The molecular weight excluding hydrogens is 206 g/mol. The molecule has 0 saturated carbocycles. The van der Waals surface area contributed by atoms with Gasteiger partial charge in [0, 0.05) is 5.92 Å². The van der Waals surface area contributed by atoms with E-state index in [0.29, 0.717) is 12.7 Å². The summed E-state index contributed by atoms with van der Waals surface area (Å²) in [5.74, 6) is -1.90. The van der Waals surface area contributed by atoms with E-state index < -0.39 is 17.4 Å². The number of benzene rings is 1. The molecule has 16 heavy (non-hydrogen) atoms. The molecule has 0 aliphatic rings. The maximum Gasteiger partial charge on any atom is 0.324 e. The summed E-state index contributed by atoms with van der Waals surface area (Å²) in [7, 11) is 0. The van der Waals surface area contributed by atoms with Crippen molar-refractivity contribution in [2.75, 3.05) is 0 Å². The number of rotatable bonds is 5. The summed E-state index contributed by atoms with van der Waals surface area (Å²) in [5.41, 5.74) is 5.00. The van der Waals surface area contributed by atoms with Gasteiger partial charge in [-0.15, -0.1) is 0 Å². The van der Waals surface area contributed by atoms with E-state index in [9.17, 15) is 9.59 Å². The minimum atomic E-state index is -1.53. The van der Waals surface area contributed by atoms with Crippen LogP contribution in [0, 0.1) is 5.92 Å². The van der Waals surface area contributed by atoms with E-state index >= 15 is 0 Å². The van der Waals surface area contributed by atoms with Crippen molar-refractivity contribution in [3.05, 3.63) is 35.9 Å². The Morgan fingerprint density at radius 2 is 2.06 bits per heavy atom. The highest BCUT2D eigenvalue weighted by atomic mass is 16.4. The van der Waals surface area contributed by atoms with Crippen LogP contribution in [-0.2, 0) is 16.0 Å². The van der Waals surface area contributed by atoms with Crippen molar-refractivity contribution in [3.63, 3.8) is 0 Å². The lowest BCUT2D eigenvalue weighted by molar-refractivity contribution is -0.146. The molecule has 0 saturated heterocycles. The first-order chi connectivity index (χ1) is 7.48.